The SMILES string of the molecule is CC(=O)N1CCN(c2nc(OC[C@@]34CCCN3C[C@H](F)C4)nc3c(F)c(-c4ccc(F)c5sc(N)c(C#N)c45)c(C(F)(F)F)cc23)CC1. The lowest BCUT2D eigenvalue weighted by atomic mass is 9.92. The zero-order chi connectivity index (χ0) is 34.1. The molecule has 0 unspecified atom stereocenters. The number of hydrogen-bond acceptors (Lipinski definition) is 9. The number of piperazine rings is 1. The minimum absolute atomic E-state index is 0.0100. The molecule has 0 radical (unpaired) electrons. The van der Waals surface area contributed by atoms with Crippen LogP contribution in [0.25, 0.3) is 32.1 Å². The minimum atomic E-state index is -5.10. The van der Waals surface area contributed by atoms with E-state index < -0.39 is 46.2 Å². The first kappa shape index (κ1) is 32.2. The molecule has 9 nitrogen and oxygen atoms in total. The van der Waals surface area contributed by atoms with Crippen molar-refractivity contribution in [3.8, 4) is 23.2 Å². The number of anilines is 2. The van der Waals surface area contributed by atoms with E-state index in [1.54, 1.807) is 9.80 Å². The van der Waals surface area contributed by atoms with E-state index in [-0.39, 0.29) is 95.1 Å². The van der Waals surface area contributed by atoms with Gasteiger partial charge in [-0.05, 0) is 37.1 Å². The lowest BCUT2D eigenvalue weighted by Crippen LogP contribution is -2.48. The second-order valence-electron chi connectivity index (χ2n) is 12.4. The molecule has 4 aromatic rings. The molecule has 3 aliphatic rings. The van der Waals surface area contributed by atoms with E-state index in [4.69, 9.17) is 10.5 Å². The lowest BCUT2D eigenvalue weighted by Gasteiger charge is -2.35. The molecule has 252 valence electrons. The summed E-state index contributed by atoms with van der Waals surface area (Å²) in [5.41, 5.74) is 1.89. The lowest BCUT2D eigenvalue weighted by molar-refractivity contribution is -0.137. The summed E-state index contributed by atoms with van der Waals surface area (Å²) in [5, 5.41) is 9.17. The monoisotopic (exact) mass is 689 g/mol. The van der Waals surface area contributed by atoms with Gasteiger partial charge < -0.3 is 20.3 Å². The number of aromatic nitrogens is 2. The van der Waals surface area contributed by atoms with Crippen LogP contribution in [0.4, 0.5) is 37.2 Å². The molecule has 2 N–H and O–H groups in total. The van der Waals surface area contributed by atoms with E-state index in [9.17, 15) is 32.0 Å². The van der Waals surface area contributed by atoms with Crippen LogP contribution in [0.15, 0.2) is 18.2 Å². The van der Waals surface area contributed by atoms with Gasteiger partial charge in [0.15, 0.2) is 5.82 Å². The largest absolute Gasteiger partial charge is 0.461 e. The quantitative estimate of drug-likeness (QED) is 0.259. The molecule has 16 heteroatoms. The molecule has 2 aromatic carbocycles. The van der Waals surface area contributed by atoms with Crippen LogP contribution in [0.5, 0.6) is 6.01 Å². The van der Waals surface area contributed by atoms with Gasteiger partial charge in [-0.1, -0.05) is 6.07 Å². The van der Waals surface area contributed by atoms with Gasteiger partial charge in [0.2, 0.25) is 5.91 Å². The van der Waals surface area contributed by atoms with E-state index in [0.717, 1.165) is 24.6 Å². The van der Waals surface area contributed by atoms with Gasteiger partial charge >= 0.3 is 12.2 Å². The number of amides is 1. The number of carbonyl (C=O) groups is 1. The van der Waals surface area contributed by atoms with E-state index >= 15 is 4.39 Å². The number of rotatable bonds is 5. The van der Waals surface area contributed by atoms with Gasteiger partial charge in [0, 0.05) is 62.4 Å². The Morgan fingerprint density at radius 1 is 1.19 bits per heavy atom. The van der Waals surface area contributed by atoms with Crippen molar-refractivity contribution >= 4 is 49.1 Å². The van der Waals surface area contributed by atoms with Gasteiger partial charge in [0.1, 0.15) is 41.0 Å². The molecule has 0 aliphatic carbocycles. The predicted molar refractivity (Wildman–Crippen MR) is 167 cm³/mol. The Morgan fingerprint density at radius 3 is 2.62 bits per heavy atom. The molecule has 5 heterocycles. The van der Waals surface area contributed by atoms with Crippen molar-refractivity contribution in [2.45, 2.75) is 44.1 Å². The Morgan fingerprint density at radius 2 is 1.94 bits per heavy atom. The standard InChI is InChI=1S/C32H29F6N7O2S/c1-16(46)43-7-9-44(10-8-43)29-19-11-21(32(36,37)38)24(18-3-4-22(34)27-23(18)20(13-39)28(40)48-27)25(35)26(19)41-30(42-29)47-15-31-5-2-6-45(31)14-17(33)12-31/h3-4,11,17H,2,5-10,12,14-15,40H2,1H3/t17-,31+/m1/s1. The van der Waals surface area contributed by atoms with Crippen molar-refractivity contribution in [1.82, 2.24) is 19.8 Å². The number of nitriles is 1. The van der Waals surface area contributed by atoms with Gasteiger partial charge in [-0.3, -0.25) is 9.69 Å². The first-order valence-corrected chi connectivity index (χ1v) is 16.2. The molecule has 0 spiro atoms. The Hall–Kier alpha value is -4.36. The van der Waals surface area contributed by atoms with Gasteiger partial charge in [0.05, 0.1) is 21.4 Å². The number of alkyl halides is 4. The topological polar surface area (TPSA) is 112 Å². The summed E-state index contributed by atoms with van der Waals surface area (Å²) in [6.07, 6.45) is -4.41. The molecular weight excluding hydrogens is 660 g/mol. The number of nitrogen functional groups attached to an aromatic ring is 1. The zero-order valence-corrected chi connectivity index (χ0v) is 26.5. The predicted octanol–water partition coefficient (Wildman–Crippen LogP) is 5.89. The molecule has 3 aliphatic heterocycles. The van der Waals surface area contributed by atoms with Crippen LogP contribution in [0.1, 0.15) is 37.3 Å². The number of carbonyl (C=O) groups excluding carboxylic acids is 1. The summed E-state index contributed by atoms with van der Waals surface area (Å²) in [4.78, 5) is 26.0. The number of nitrogens with zero attached hydrogens (tertiary/aromatic N) is 6. The molecule has 3 saturated heterocycles. The summed E-state index contributed by atoms with van der Waals surface area (Å²) >= 11 is 0.679. The third kappa shape index (κ3) is 5.23. The normalized spacial score (nSPS) is 21.7. The Labute approximate surface area is 274 Å². The summed E-state index contributed by atoms with van der Waals surface area (Å²) in [7, 11) is 0. The van der Waals surface area contributed by atoms with Crippen molar-refractivity contribution < 1.29 is 35.9 Å². The summed E-state index contributed by atoms with van der Waals surface area (Å²) in [6, 6.07) is 4.15. The van der Waals surface area contributed by atoms with Gasteiger partial charge in [-0.25, -0.2) is 13.2 Å². The van der Waals surface area contributed by atoms with E-state index in [1.165, 1.54) is 6.92 Å². The molecule has 0 saturated carbocycles. The van der Waals surface area contributed by atoms with Crippen molar-refractivity contribution in [2.24, 2.45) is 0 Å². The van der Waals surface area contributed by atoms with Crippen LogP contribution < -0.4 is 15.4 Å². The van der Waals surface area contributed by atoms with Gasteiger partial charge in [-0.15, -0.1) is 11.3 Å². The third-order valence-corrected chi connectivity index (χ3v) is 10.7. The number of hydrogen-bond donors (Lipinski definition) is 1. The maximum absolute atomic E-state index is 16.9. The summed E-state index contributed by atoms with van der Waals surface area (Å²) < 4.78 is 96.7. The number of thiophene rings is 1. The molecule has 2 atom stereocenters. The first-order chi connectivity index (χ1) is 22.8. The number of ether oxygens (including phenoxy) is 1. The first-order valence-electron chi connectivity index (χ1n) is 15.4. The highest BCUT2D eigenvalue weighted by Gasteiger charge is 2.49. The minimum Gasteiger partial charge on any atom is -0.461 e. The highest BCUT2D eigenvalue weighted by molar-refractivity contribution is 7.23. The van der Waals surface area contributed by atoms with Crippen LogP contribution in [0.3, 0.4) is 0 Å². The smallest absolute Gasteiger partial charge is 0.417 e. The van der Waals surface area contributed by atoms with Crippen molar-refractivity contribution in [3.63, 3.8) is 0 Å². The average Bonchev–Trinajstić information content (AvgIpc) is 3.69. The third-order valence-electron chi connectivity index (χ3n) is 9.65. The fourth-order valence-corrected chi connectivity index (χ4v) is 8.32. The highest BCUT2D eigenvalue weighted by atomic mass is 32.1. The van der Waals surface area contributed by atoms with Gasteiger partial charge in [0.25, 0.3) is 0 Å². The second kappa shape index (κ2) is 11.7. The summed E-state index contributed by atoms with van der Waals surface area (Å²) in [6.45, 7) is 3.24. The highest BCUT2D eigenvalue weighted by Crippen LogP contribution is 2.48. The maximum Gasteiger partial charge on any atom is 0.417 e. The van der Waals surface area contributed by atoms with Crippen molar-refractivity contribution in [3.05, 3.63) is 41.0 Å². The van der Waals surface area contributed by atoms with E-state index in [1.807, 2.05) is 11.0 Å². The van der Waals surface area contributed by atoms with Crippen LogP contribution >= 0.6 is 11.3 Å². The molecule has 7 rings (SSSR count). The fourth-order valence-electron chi connectivity index (χ4n) is 7.37. The van der Waals surface area contributed by atoms with E-state index in [2.05, 4.69) is 9.97 Å². The van der Waals surface area contributed by atoms with Crippen molar-refractivity contribution in [2.75, 3.05) is 56.5 Å². The van der Waals surface area contributed by atoms with Crippen LogP contribution in [-0.2, 0) is 11.0 Å². The second-order valence-corrected chi connectivity index (χ2v) is 13.5. The Kier molecular flexibility index (Phi) is 7.82. The molecule has 1 amide bonds. The Bertz CT molecular complexity index is 2010. The van der Waals surface area contributed by atoms with E-state index in [0.29, 0.717) is 24.3 Å². The average molecular weight is 690 g/mol. The number of benzene rings is 2. The van der Waals surface area contributed by atoms with Crippen molar-refractivity contribution in [1.29, 1.82) is 5.26 Å². The van der Waals surface area contributed by atoms with Gasteiger partial charge in [-0.2, -0.15) is 28.4 Å². The molecule has 0 bridgehead atoms. The number of nitrogens with two attached hydrogens (primary N) is 1. The molecule has 48 heavy (non-hydrogen) atoms. The zero-order valence-electron chi connectivity index (χ0n) is 25.6. The summed E-state index contributed by atoms with van der Waals surface area (Å²) in [5.74, 6) is -2.38. The van der Waals surface area contributed by atoms with Crippen LogP contribution in [0, 0.1) is 23.0 Å². The number of halogens is 6. The molecule has 3 fully saturated rings. The Balaban J connectivity index is 1.44. The molecular formula is C32H29F6N7O2S. The van der Waals surface area contributed by atoms with Crippen LogP contribution in [0.2, 0.25) is 0 Å². The van der Waals surface area contributed by atoms with Crippen LogP contribution in [-0.4, -0.2) is 83.3 Å². The maximum atomic E-state index is 16.9. The number of fused-ring (bicyclic) bond motifs is 3. The fraction of sp³-hybridized carbons (Fsp3) is 0.438. The molecule has 2 aromatic heterocycles.